The molecule has 1 aliphatic rings. The van der Waals surface area contributed by atoms with Gasteiger partial charge in [-0.1, -0.05) is 38.0 Å². The van der Waals surface area contributed by atoms with Gasteiger partial charge < -0.3 is 5.32 Å². The highest BCUT2D eigenvalue weighted by atomic mass is 32.2. The summed E-state index contributed by atoms with van der Waals surface area (Å²) in [5, 5.41) is 2.98. The molecule has 0 aliphatic carbocycles. The summed E-state index contributed by atoms with van der Waals surface area (Å²) in [4.78, 5) is 12.9. The standard InChI is InChI=1S/C22H28N2O3S/c1-3-18-10-8-9-17(2)21(18)23-22(25)19-11-13-20(14-12-19)28(26,27)24-15-6-4-5-7-16-24/h8-14H,3-7,15-16H2,1-2H3,(H,23,25). The zero-order chi connectivity index (χ0) is 20.1. The lowest BCUT2D eigenvalue weighted by atomic mass is 10.1. The number of nitrogens with zero attached hydrogens (tertiary/aromatic N) is 1. The molecule has 0 radical (unpaired) electrons. The minimum absolute atomic E-state index is 0.234. The second-order valence-electron chi connectivity index (χ2n) is 7.26. The Balaban J connectivity index is 1.78. The molecular weight excluding hydrogens is 372 g/mol. The molecule has 3 rings (SSSR count). The number of sulfonamides is 1. The second-order valence-corrected chi connectivity index (χ2v) is 9.20. The van der Waals surface area contributed by atoms with Crippen LogP contribution in [-0.2, 0) is 16.4 Å². The number of amides is 1. The Morgan fingerprint density at radius 3 is 2.25 bits per heavy atom. The summed E-state index contributed by atoms with van der Waals surface area (Å²) in [6.45, 7) is 5.15. The number of benzene rings is 2. The van der Waals surface area contributed by atoms with Crippen LogP contribution in [0.4, 0.5) is 5.69 Å². The van der Waals surface area contributed by atoms with Crippen LogP contribution in [0.2, 0.25) is 0 Å². The molecule has 1 aliphatic heterocycles. The topological polar surface area (TPSA) is 66.5 Å². The number of rotatable bonds is 5. The van der Waals surface area contributed by atoms with Crippen LogP contribution in [0.1, 0.15) is 54.1 Å². The molecule has 0 aromatic heterocycles. The van der Waals surface area contributed by atoms with E-state index in [0.29, 0.717) is 18.7 Å². The summed E-state index contributed by atoms with van der Waals surface area (Å²) >= 11 is 0. The van der Waals surface area contributed by atoms with Gasteiger partial charge in [0.1, 0.15) is 0 Å². The first-order chi connectivity index (χ1) is 13.4. The smallest absolute Gasteiger partial charge is 0.255 e. The Labute approximate surface area is 167 Å². The summed E-state index contributed by atoms with van der Waals surface area (Å²) in [5.41, 5.74) is 3.36. The van der Waals surface area contributed by atoms with Crippen LogP contribution in [0.3, 0.4) is 0 Å². The number of aryl methyl sites for hydroxylation is 2. The fourth-order valence-corrected chi connectivity index (χ4v) is 5.11. The van der Waals surface area contributed by atoms with Gasteiger partial charge in [0.25, 0.3) is 5.91 Å². The summed E-state index contributed by atoms with van der Waals surface area (Å²) in [7, 11) is -3.50. The molecule has 0 atom stereocenters. The minimum atomic E-state index is -3.50. The monoisotopic (exact) mass is 400 g/mol. The van der Waals surface area contributed by atoms with Crippen LogP contribution in [0, 0.1) is 6.92 Å². The van der Waals surface area contributed by atoms with Gasteiger partial charge in [0.15, 0.2) is 0 Å². The van der Waals surface area contributed by atoms with Crippen LogP contribution in [0.25, 0.3) is 0 Å². The predicted molar refractivity (Wildman–Crippen MR) is 112 cm³/mol. The molecule has 1 N–H and O–H groups in total. The predicted octanol–water partition coefficient (Wildman–Crippen LogP) is 4.37. The highest BCUT2D eigenvalue weighted by Crippen LogP contribution is 2.23. The molecular formula is C22H28N2O3S. The third-order valence-electron chi connectivity index (χ3n) is 5.30. The van der Waals surface area contributed by atoms with Crippen molar-refractivity contribution in [2.75, 3.05) is 18.4 Å². The molecule has 1 fully saturated rings. The average molecular weight is 401 g/mol. The Bertz CT molecular complexity index is 929. The second kappa shape index (κ2) is 8.88. The normalized spacial score (nSPS) is 15.8. The maximum atomic E-state index is 12.9. The lowest BCUT2D eigenvalue weighted by Crippen LogP contribution is -2.31. The van der Waals surface area contributed by atoms with Gasteiger partial charge >= 0.3 is 0 Å². The number of para-hydroxylation sites is 1. The van der Waals surface area contributed by atoms with Crippen molar-refractivity contribution in [3.8, 4) is 0 Å². The van der Waals surface area contributed by atoms with E-state index in [0.717, 1.165) is 48.9 Å². The van der Waals surface area contributed by atoms with E-state index in [1.165, 1.54) is 12.1 Å². The molecule has 2 aromatic carbocycles. The lowest BCUT2D eigenvalue weighted by Gasteiger charge is -2.20. The largest absolute Gasteiger partial charge is 0.321 e. The molecule has 2 aromatic rings. The van der Waals surface area contributed by atoms with E-state index in [9.17, 15) is 13.2 Å². The highest BCUT2D eigenvalue weighted by Gasteiger charge is 2.25. The van der Waals surface area contributed by atoms with Crippen molar-refractivity contribution < 1.29 is 13.2 Å². The number of carbonyl (C=O) groups is 1. The van der Waals surface area contributed by atoms with Crippen LogP contribution in [0.5, 0.6) is 0 Å². The maximum Gasteiger partial charge on any atom is 0.255 e. The zero-order valence-corrected chi connectivity index (χ0v) is 17.4. The Morgan fingerprint density at radius 2 is 1.64 bits per heavy atom. The molecule has 28 heavy (non-hydrogen) atoms. The third-order valence-corrected chi connectivity index (χ3v) is 7.21. The Morgan fingerprint density at radius 1 is 1.00 bits per heavy atom. The van der Waals surface area contributed by atoms with Crippen molar-refractivity contribution in [1.29, 1.82) is 0 Å². The lowest BCUT2D eigenvalue weighted by molar-refractivity contribution is 0.102. The number of anilines is 1. The fraction of sp³-hybridized carbons (Fsp3) is 0.409. The SMILES string of the molecule is CCc1cccc(C)c1NC(=O)c1ccc(S(=O)(=O)N2CCCCCC2)cc1. The summed E-state index contributed by atoms with van der Waals surface area (Å²) in [6.07, 6.45) is 4.77. The van der Waals surface area contributed by atoms with E-state index in [4.69, 9.17) is 0 Å². The third kappa shape index (κ3) is 4.45. The molecule has 0 bridgehead atoms. The van der Waals surface area contributed by atoms with Gasteiger partial charge in [0.05, 0.1) is 4.90 Å². The molecule has 5 nitrogen and oxygen atoms in total. The molecule has 0 spiro atoms. The van der Waals surface area contributed by atoms with Crippen LogP contribution in [-0.4, -0.2) is 31.7 Å². The van der Waals surface area contributed by atoms with Crippen molar-refractivity contribution in [3.63, 3.8) is 0 Å². The van der Waals surface area contributed by atoms with Crippen molar-refractivity contribution >= 4 is 21.6 Å². The summed E-state index contributed by atoms with van der Waals surface area (Å²) in [5.74, 6) is -0.234. The molecule has 1 heterocycles. The molecule has 0 saturated carbocycles. The fourth-order valence-electron chi connectivity index (χ4n) is 3.60. The van der Waals surface area contributed by atoms with Gasteiger partial charge in [-0.05, 0) is 61.6 Å². The summed E-state index contributed by atoms with van der Waals surface area (Å²) in [6, 6.07) is 12.2. The van der Waals surface area contributed by atoms with Gasteiger partial charge in [0.2, 0.25) is 10.0 Å². The Kier molecular flexibility index (Phi) is 6.52. The van der Waals surface area contributed by atoms with Gasteiger partial charge in [0, 0.05) is 24.3 Å². The van der Waals surface area contributed by atoms with E-state index in [1.54, 1.807) is 16.4 Å². The average Bonchev–Trinajstić information content (AvgIpc) is 2.99. The first kappa shape index (κ1) is 20.6. The Hall–Kier alpha value is -2.18. The number of hydrogen-bond donors (Lipinski definition) is 1. The van der Waals surface area contributed by atoms with E-state index < -0.39 is 10.0 Å². The van der Waals surface area contributed by atoms with Crippen molar-refractivity contribution in [2.45, 2.75) is 50.8 Å². The molecule has 1 amide bonds. The number of hydrogen-bond acceptors (Lipinski definition) is 3. The van der Waals surface area contributed by atoms with Gasteiger partial charge in [-0.25, -0.2) is 8.42 Å². The first-order valence-electron chi connectivity index (χ1n) is 9.93. The van der Waals surface area contributed by atoms with Gasteiger partial charge in [-0.3, -0.25) is 4.79 Å². The van der Waals surface area contributed by atoms with Crippen LogP contribution < -0.4 is 5.32 Å². The molecule has 150 valence electrons. The van der Waals surface area contributed by atoms with Crippen molar-refractivity contribution in [2.24, 2.45) is 0 Å². The molecule has 6 heteroatoms. The maximum absolute atomic E-state index is 12.9. The summed E-state index contributed by atoms with van der Waals surface area (Å²) < 4.78 is 27.3. The number of nitrogens with one attached hydrogen (secondary N) is 1. The molecule has 0 unspecified atom stereocenters. The highest BCUT2D eigenvalue weighted by molar-refractivity contribution is 7.89. The van der Waals surface area contributed by atoms with Crippen LogP contribution in [0.15, 0.2) is 47.4 Å². The zero-order valence-electron chi connectivity index (χ0n) is 16.6. The van der Waals surface area contributed by atoms with E-state index >= 15 is 0 Å². The van der Waals surface area contributed by atoms with E-state index in [-0.39, 0.29) is 10.8 Å². The number of carbonyl (C=O) groups excluding carboxylic acids is 1. The quantitative estimate of drug-likeness (QED) is 0.810. The van der Waals surface area contributed by atoms with Crippen LogP contribution >= 0.6 is 0 Å². The van der Waals surface area contributed by atoms with E-state index in [2.05, 4.69) is 5.32 Å². The minimum Gasteiger partial charge on any atom is -0.321 e. The van der Waals surface area contributed by atoms with Gasteiger partial charge in [-0.2, -0.15) is 4.31 Å². The van der Waals surface area contributed by atoms with E-state index in [1.807, 2.05) is 32.0 Å². The molecule has 1 saturated heterocycles. The van der Waals surface area contributed by atoms with Crippen molar-refractivity contribution in [1.82, 2.24) is 4.31 Å². The van der Waals surface area contributed by atoms with Crippen molar-refractivity contribution in [3.05, 3.63) is 59.2 Å². The van der Waals surface area contributed by atoms with Gasteiger partial charge in [-0.15, -0.1) is 0 Å². The first-order valence-corrected chi connectivity index (χ1v) is 11.4.